The largest absolute Gasteiger partial charge is 0.395 e. The summed E-state index contributed by atoms with van der Waals surface area (Å²) in [6.07, 6.45) is -0.0463. The van der Waals surface area contributed by atoms with Gasteiger partial charge >= 0.3 is 24.1 Å². The number of nitrogens with zero attached hydrogens (tertiary/aromatic N) is 9. The molecule has 0 aliphatic carbocycles. The van der Waals surface area contributed by atoms with E-state index >= 15 is 0 Å². The molecule has 6 aliphatic rings. The fraction of sp³-hybridized carbons (Fsp3) is 0.848. The number of hydrogen-bond acceptors (Lipinski definition) is 18. The first-order valence-electron chi connectivity index (χ1n) is 25.1. The number of ether oxygens (including phenoxy) is 8. The van der Waals surface area contributed by atoms with E-state index in [-0.39, 0.29) is 146 Å². The monoisotopic (exact) mass is 1080 g/mol. The van der Waals surface area contributed by atoms with Crippen molar-refractivity contribution in [1.29, 1.82) is 0 Å². The van der Waals surface area contributed by atoms with E-state index in [1.165, 1.54) is 28.4 Å². The van der Waals surface area contributed by atoms with Gasteiger partial charge < -0.3 is 43.0 Å². The van der Waals surface area contributed by atoms with Crippen LogP contribution >= 0.6 is 23.5 Å². The predicted octanol–water partition coefficient (Wildman–Crippen LogP) is 2.13. The van der Waals surface area contributed by atoms with E-state index in [0.29, 0.717) is 30.8 Å². The summed E-state index contributed by atoms with van der Waals surface area (Å²) in [6.45, 7) is 7.82. The van der Waals surface area contributed by atoms with Crippen LogP contribution in [0.3, 0.4) is 0 Å². The van der Waals surface area contributed by atoms with Gasteiger partial charge in [0.05, 0.1) is 45.1 Å². The quantitative estimate of drug-likeness (QED) is 0.106. The average molecular weight is 1080 g/mol. The Hall–Kier alpha value is -3.77. The number of amides is 11. The second-order valence-corrected chi connectivity index (χ2v) is 21.5. The molecule has 0 bridgehead atoms. The van der Waals surface area contributed by atoms with E-state index in [0.717, 1.165) is 9.80 Å². The fourth-order valence-corrected chi connectivity index (χ4v) is 12.8. The molecular weight excluding hydrogens is 999 g/mol. The van der Waals surface area contributed by atoms with Crippen molar-refractivity contribution in [3.63, 3.8) is 0 Å². The first-order valence-corrected chi connectivity index (χ1v) is 27.1. The van der Waals surface area contributed by atoms with Crippen molar-refractivity contribution >= 4 is 65.4 Å². The van der Waals surface area contributed by atoms with Crippen LogP contribution in [-0.4, -0.2) is 265 Å². The van der Waals surface area contributed by atoms with Gasteiger partial charge in [-0.25, -0.2) is 19.2 Å². The van der Waals surface area contributed by atoms with Gasteiger partial charge in [0, 0.05) is 84.0 Å². The molecular formula is C46H77N9O16S2. The number of thioether (sulfide) groups is 2. The Labute approximate surface area is 436 Å². The Kier molecular flexibility index (Phi) is 22.3. The van der Waals surface area contributed by atoms with E-state index in [1.54, 1.807) is 57.8 Å². The summed E-state index contributed by atoms with van der Waals surface area (Å²) in [6, 6.07) is -2.15. The molecule has 6 rings (SSSR count). The molecule has 8 atom stereocenters. The normalized spacial score (nSPS) is 27.3. The summed E-state index contributed by atoms with van der Waals surface area (Å²) in [5.74, 6) is -1.02. The first-order chi connectivity index (χ1) is 35.1. The lowest BCUT2D eigenvalue weighted by Gasteiger charge is -2.43. The number of fused-ring (bicyclic) bond motifs is 2. The van der Waals surface area contributed by atoms with Crippen LogP contribution in [-0.2, 0) is 52.3 Å². The Morgan fingerprint density at radius 3 is 1.82 bits per heavy atom. The SMILES string of the molecule is COCN1C(=O)N(COC2CSC(OCCN3C(=O)N(COC)C4C3N(COC)C(=O)N4C(C)C)CS2)C2C1CC(CCCOCCC1CCC(=O)N(CCOC(C)C)C(=O)N(CCO)C1=O)C(=O)N2COC. The lowest BCUT2D eigenvalue weighted by Crippen LogP contribution is -2.60. The van der Waals surface area contributed by atoms with Crippen LogP contribution in [0.15, 0.2) is 0 Å². The number of likely N-dealkylation sites (tertiary alicyclic amines) is 1. The molecule has 73 heavy (non-hydrogen) atoms. The van der Waals surface area contributed by atoms with Crippen LogP contribution in [0.4, 0.5) is 19.2 Å². The van der Waals surface area contributed by atoms with E-state index in [4.69, 9.17) is 37.9 Å². The van der Waals surface area contributed by atoms with Gasteiger partial charge in [0.15, 0.2) is 12.3 Å². The number of urea groups is 4. The number of methoxy groups -OCH3 is 4. The van der Waals surface area contributed by atoms with Crippen LogP contribution in [0, 0.1) is 11.8 Å². The summed E-state index contributed by atoms with van der Waals surface area (Å²) >= 11 is 3.12. The maximum Gasteiger partial charge on any atom is 0.333 e. The Bertz CT molecular complexity index is 1890. The van der Waals surface area contributed by atoms with E-state index in [9.17, 15) is 38.7 Å². The molecule has 0 spiro atoms. The molecule has 0 aromatic heterocycles. The Morgan fingerprint density at radius 1 is 0.575 bits per heavy atom. The van der Waals surface area contributed by atoms with Crippen molar-refractivity contribution in [3.8, 4) is 0 Å². The van der Waals surface area contributed by atoms with Gasteiger partial charge in [0.1, 0.15) is 50.7 Å². The van der Waals surface area contributed by atoms with Gasteiger partial charge in [-0.05, 0) is 59.8 Å². The lowest BCUT2D eigenvalue weighted by molar-refractivity contribution is -0.159. The first kappa shape index (κ1) is 58.5. The smallest absolute Gasteiger partial charge is 0.333 e. The molecule has 0 aromatic carbocycles. The van der Waals surface area contributed by atoms with Crippen LogP contribution < -0.4 is 0 Å². The van der Waals surface area contributed by atoms with Crippen molar-refractivity contribution < 1.29 is 76.6 Å². The number of imide groups is 2. The molecule has 8 unspecified atom stereocenters. The Morgan fingerprint density at radius 2 is 1.19 bits per heavy atom. The maximum absolute atomic E-state index is 14.2. The highest BCUT2D eigenvalue weighted by Crippen LogP contribution is 2.40. The summed E-state index contributed by atoms with van der Waals surface area (Å²) < 4.78 is 45.8. The number of aliphatic hydroxyl groups excluding tert-OH is 1. The van der Waals surface area contributed by atoms with Gasteiger partial charge in [0.25, 0.3) is 0 Å². The minimum absolute atomic E-state index is 0.00332. The van der Waals surface area contributed by atoms with Crippen molar-refractivity contribution in [2.45, 2.75) is 114 Å². The summed E-state index contributed by atoms with van der Waals surface area (Å²) in [5.41, 5.74) is -0.482. The second-order valence-electron chi connectivity index (χ2n) is 19.1. The summed E-state index contributed by atoms with van der Waals surface area (Å²) in [7, 11) is 6.03. The molecule has 11 amide bonds. The van der Waals surface area contributed by atoms with Crippen LogP contribution in [0.2, 0.25) is 0 Å². The lowest BCUT2D eigenvalue weighted by atomic mass is 9.87. The molecule has 6 heterocycles. The molecule has 0 radical (unpaired) electrons. The summed E-state index contributed by atoms with van der Waals surface area (Å²) in [5, 5.41) is 9.67. The maximum atomic E-state index is 14.2. The molecule has 6 fully saturated rings. The molecule has 6 aliphatic heterocycles. The zero-order chi connectivity index (χ0) is 52.9. The number of carbonyl (C=O) groups excluding carboxylic acids is 7. The van der Waals surface area contributed by atoms with Gasteiger partial charge in [0.2, 0.25) is 17.7 Å². The number of aliphatic hydroxyl groups is 1. The van der Waals surface area contributed by atoms with Gasteiger partial charge in [-0.1, -0.05) is 0 Å². The summed E-state index contributed by atoms with van der Waals surface area (Å²) in [4.78, 5) is 108. The third kappa shape index (κ3) is 13.6. The number of hydrogen-bond donors (Lipinski definition) is 1. The molecule has 1 N–H and O–H groups in total. The molecule has 0 saturated carbocycles. The van der Waals surface area contributed by atoms with E-state index in [1.807, 2.05) is 27.7 Å². The van der Waals surface area contributed by atoms with Gasteiger partial charge in [-0.15, -0.1) is 23.5 Å². The molecule has 414 valence electrons. The number of piperidine rings is 1. The predicted molar refractivity (Wildman–Crippen MR) is 264 cm³/mol. The van der Waals surface area contributed by atoms with Gasteiger partial charge in [-0.3, -0.25) is 58.5 Å². The third-order valence-corrected chi connectivity index (χ3v) is 16.4. The number of carbonyl (C=O) groups is 7. The van der Waals surface area contributed by atoms with Crippen molar-refractivity contribution in [1.82, 2.24) is 44.1 Å². The zero-order valence-corrected chi connectivity index (χ0v) is 45.2. The highest BCUT2D eigenvalue weighted by atomic mass is 32.2. The average Bonchev–Trinajstić information content (AvgIpc) is 3.90. The fourth-order valence-electron chi connectivity index (χ4n) is 10.3. The van der Waals surface area contributed by atoms with E-state index < -0.39 is 60.8 Å². The molecule has 0 aromatic rings. The molecule has 27 heteroatoms. The molecule has 25 nitrogen and oxygen atoms in total. The minimum atomic E-state index is -0.768. The zero-order valence-electron chi connectivity index (χ0n) is 43.5. The second kappa shape index (κ2) is 27.8. The number of β-amino-alcohol motifs (C(OH)–C–C–N with tert-alkyl or cyclic N) is 1. The molecule has 6 saturated heterocycles. The van der Waals surface area contributed by atoms with E-state index in [2.05, 4.69) is 0 Å². The minimum Gasteiger partial charge on any atom is -0.395 e. The van der Waals surface area contributed by atoms with Crippen molar-refractivity contribution in [2.24, 2.45) is 11.8 Å². The highest BCUT2D eigenvalue weighted by molar-refractivity contribution is 8.06. The third-order valence-electron chi connectivity index (χ3n) is 13.6. The van der Waals surface area contributed by atoms with Gasteiger partial charge in [-0.2, -0.15) is 0 Å². The van der Waals surface area contributed by atoms with Crippen molar-refractivity contribution in [2.75, 3.05) is 126 Å². The van der Waals surface area contributed by atoms with Crippen LogP contribution in [0.25, 0.3) is 0 Å². The van der Waals surface area contributed by atoms with Crippen LogP contribution in [0.5, 0.6) is 0 Å². The Balaban J connectivity index is 0.966. The highest BCUT2D eigenvalue weighted by Gasteiger charge is 2.60. The number of rotatable bonds is 29. The topological polar surface area (TPSA) is 243 Å². The van der Waals surface area contributed by atoms with Crippen LogP contribution in [0.1, 0.15) is 66.2 Å². The van der Waals surface area contributed by atoms with Crippen molar-refractivity contribution in [3.05, 3.63) is 0 Å². The standard InChI is InChI=1S/C46H77N9O16S2/c1-30(2)55-40-39(52(27-66-7)46(55)63)48(44(61)53(40)28-67-8)16-21-70-36-23-73-37(24-72-36)71-29-54-38-34(50(25-64-5)45(54)62)22-33(42(59)51(38)26-65-6)10-9-18-68-19-13-32-11-12-35(57)47(15-20-69-31(3)4)43(60)49(14-17-56)41(32)58/h30-34,36-40,56H,9-29H2,1-8H3.